The summed E-state index contributed by atoms with van der Waals surface area (Å²) >= 11 is 0. The molecule has 1 aliphatic rings. The Morgan fingerprint density at radius 1 is 1.19 bits per heavy atom. The molecular weight excluding hydrogens is 307 g/mol. The number of amides is 1. The monoisotopic (exact) mass is 321 g/mol. The van der Waals surface area contributed by atoms with Crippen LogP contribution in [0.1, 0.15) is 18.4 Å². The second kappa shape index (κ2) is 5.67. The van der Waals surface area contributed by atoms with E-state index in [0.29, 0.717) is 12.8 Å². The fourth-order valence-electron chi connectivity index (χ4n) is 2.22. The minimum Gasteiger partial charge on any atom is -0.326 e. The molecule has 0 radical (unpaired) electrons. The third-order valence-electron chi connectivity index (χ3n) is 3.31. The molecule has 1 aromatic rings. The van der Waals surface area contributed by atoms with Gasteiger partial charge < -0.3 is 5.32 Å². The summed E-state index contributed by atoms with van der Waals surface area (Å²) in [6.45, 7) is 0. The summed E-state index contributed by atoms with van der Waals surface area (Å²) in [5, 5.41) is 2.46. The molecule has 0 bridgehead atoms. The van der Waals surface area contributed by atoms with Gasteiger partial charge in [-0.15, -0.1) is 0 Å². The van der Waals surface area contributed by atoms with Gasteiger partial charge in [0.25, 0.3) is 0 Å². The predicted octanol–water partition coefficient (Wildman–Crippen LogP) is 2.47. The Bertz CT molecular complexity index is 623. The van der Waals surface area contributed by atoms with E-state index in [0.717, 1.165) is 24.3 Å². The van der Waals surface area contributed by atoms with Gasteiger partial charge >= 0.3 is 6.18 Å². The van der Waals surface area contributed by atoms with E-state index >= 15 is 0 Å². The molecule has 8 heteroatoms. The number of sulfone groups is 1. The van der Waals surface area contributed by atoms with Crippen LogP contribution in [0.2, 0.25) is 0 Å². The Balaban J connectivity index is 2.03. The van der Waals surface area contributed by atoms with Crippen LogP contribution in [0, 0.1) is 5.92 Å². The fraction of sp³-hybridized carbons (Fsp3) is 0.462. The number of carbonyl (C=O) groups is 1. The zero-order valence-corrected chi connectivity index (χ0v) is 11.8. The van der Waals surface area contributed by atoms with E-state index in [1.54, 1.807) is 0 Å². The second-order valence-electron chi connectivity index (χ2n) is 5.02. The van der Waals surface area contributed by atoms with Crippen molar-refractivity contribution in [3.05, 3.63) is 29.8 Å². The van der Waals surface area contributed by atoms with Crippen molar-refractivity contribution in [2.45, 2.75) is 19.0 Å². The molecule has 1 heterocycles. The number of hydrogen-bond acceptors (Lipinski definition) is 3. The van der Waals surface area contributed by atoms with Crippen LogP contribution >= 0.6 is 0 Å². The first-order chi connectivity index (χ1) is 9.67. The van der Waals surface area contributed by atoms with E-state index in [1.807, 2.05) is 0 Å². The molecule has 0 aromatic heterocycles. The Hall–Kier alpha value is -1.57. The van der Waals surface area contributed by atoms with Crippen LogP contribution in [-0.2, 0) is 20.8 Å². The molecule has 1 aliphatic heterocycles. The number of halogens is 3. The SMILES string of the molecule is O=C(Nc1ccc(C(F)(F)F)cc1)C1CCCS(=O)(=O)C1. The highest BCUT2D eigenvalue weighted by atomic mass is 32.2. The molecule has 1 fully saturated rings. The topological polar surface area (TPSA) is 63.2 Å². The molecule has 4 nitrogen and oxygen atoms in total. The smallest absolute Gasteiger partial charge is 0.326 e. The summed E-state index contributed by atoms with van der Waals surface area (Å²) in [5.74, 6) is -1.25. The molecule has 1 atom stereocenters. The zero-order valence-electron chi connectivity index (χ0n) is 11.0. The number of carbonyl (C=O) groups excluding carboxylic acids is 1. The van der Waals surface area contributed by atoms with Crippen molar-refractivity contribution in [3.8, 4) is 0 Å². The fourth-order valence-corrected chi connectivity index (χ4v) is 3.92. The lowest BCUT2D eigenvalue weighted by Gasteiger charge is -2.21. The maximum Gasteiger partial charge on any atom is 0.416 e. The Kier molecular flexibility index (Phi) is 4.27. The van der Waals surface area contributed by atoms with Gasteiger partial charge in [-0.2, -0.15) is 13.2 Å². The first kappa shape index (κ1) is 15.8. The van der Waals surface area contributed by atoms with E-state index in [4.69, 9.17) is 0 Å². The quantitative estimate of drug-likeness (QED) is 0.910. The minimum atomic E-state index is -4.43. The molecular formula is C13H14F3NO3S. The van der Waals surface area contributed by atoms with E-state index in [2.05, 4.69) is 5.32 Å². The van der Waals surface area contributed by atoms with E-state index in [9.17, 15) is 26.4 Å². The number of rotatable bonds is 2. The van der Waals surface area contributed by atoms with Gasteiger partial charge in [0.15, 0.2) is 9.84 Å². The van der Waals surface area contributed by atoms with Crippen LogP contribution in [-0.4, -0.2) is 25.8 Å². The molecule has 116 valence electrons. The molecule has 0 saturated carbocycles. The van der Waals surface area contributed by atoms with Crippen LogP contribution in [0.4, 0.5) is 18.9 Å². The lowest BCUT2D eigenvalue weighted by atomic mass is 10.0. The van der Waals surface area contributed by atoms with Crippen LogP contribution in [0.15, 0.2) is 24.3 Å². The number of hydrogen-bond donors (Lipinski definition) is 1. The van der Waals surface area contributed by atoms with Gasteiger partial charge in [-0.25, -0.2) is 8.42 Å². The third kappa shape index (κ3) is 4.20. The molecule has 1 aromatic carbocycles. The normalized spacial score (nSPS) is 21.8. The lowest BCUT2D eigenvalue weighted by molar-refractivity contribution is -0.137. The summed E-state index contributed by atoms with van der Waals surface area (Å²) < 4.78 is 60.1. The van der Waals surface area contributed by atoms with Crippen LogP contribution in [0.3, 0.4) is 0 Å². The second-order valence-corrected chi connectivity index (χ2v) is 7.25. The first-order valence-electron chi connectivity index (χ1n) is 6.36. The maximum absolute atomic E-state index is 12.4. The van der Waals surface area contributed by atoms with Crippen molar-refractivity contribution in [3.63, 3.8) is 0 Å². The van der Waals surface area contributed by atoms with E-state index < -0.39 is 33.4 Å². The summed E-state index contributed by atoms with van der Waals surface area (Å²) in [7, 11) is -3.20. The highest BCUT2D eigenvalue weighted by Gasteiger charge is 2.31. The van der Waals surface area contributed by atoms with Crippen molar-refractivity contribution in [1.82, 2.24) is 0 Å². The van der Waals surface area contributed by atoms with Gasteiger partial charge in [-0.05, 0) is 37.1 Å². The molecule has 21 heavy (non-hydrogen) atoms. The molecule has 1 N–H and O–H groups in total. The van der Waals surface area contributed by atoms with Gasteiger partial charge in [0.2, 0.25) is 5.91 Å². The zero-order chi connectivity index (χ0) is 15.7. The van der Waals surface area contributed by atoms with Crippen LogP contribution in [0.25, 0.3) is 0 Å². The van der Waals surface area contributed by atoms with Crippen LogP contribution in [0.5, 0.6) is 0 Å². The van der Waals surface area contributed by atoms with Gasteiger partial charge in [0.1, 0.15) is 0 Å². The maximum atomic E-state index is 12.4. The van der Waals surface area contributed by atoms with Crippen molar-refractivity contribution in [1.29, 1.82) is 0 Å². The highest BCUT2D eigenvalue weighted by Crippen LogP contribution is 2.30. The standard InChI is InChI=1S/C13H14F3NO3S/c14-13(15,16)10-3-5-11(6-4-10)17-12(18)9-2-1-7-21(19,20)8-9/h3-6,9H,1-2,7-8H2,(H,17,18). The van der Waals surface area contributed by atoms with E-state index in [1.165, 1.54) is 0 Å². The predicted molar refractivity (Wildman–Crippen MR) is 71.5 cm³/mol. The highest BCUT2D eigenvalue weighted by molar-refractivity contribution is 7.91. The average Bonchev–Trinajstić information content (AvgIpc) is 2.37. The lowest BCUT2D eigenvalue weighted by Crippen LogP contribution is -2.34. The van der Waals surface area contributed by atoms with Gasteiger partial charge in [-0.1, -0.05) is 0 Å². The Morgan fingerprint density at radius 2 is 1.81 bits per heavy atom. The first-order valence-corrected chi connectivity index (χ1v) is 8.18. The van der Waals surface area contributed by atoms with E-state index in [-0.39, 0.29) is 17.2 Å². The minimum absolute atomic E-state index is 0.0804. The van der Waals surface area contributed by atoms with Gasteiger partial charge in [-0.3, -0.25) is 4.79 Å². The number of benzene rings is 1. The summed E-state index contributed by atoms with van der Waals surface area (Å²) in [6, 6.07) is 4.04. The van der Waals surface area contributed by atoms with Crippen molar-refractivity contribution >= 4 is 21.4 Å². The van der Waals surface area contributed by atoms with Crippen LogP contribution < -0.4 is 5.32 Å². The number of nitrogens with one attached hydrogen (secondary N) is 1. The molecule has 0 aliphatic carbocycles. The number of anilines is 1. The molecule has 1 unspecified atom stereocenters. The third-order valence-corrected chi connectivity index (χ3v) is 5.13. The summed E-state index contributed by atoms with van der Waals surface area (Å²) in [5.41, 5.74) is -0.586. The van der Waals surface area contributed by atoms with Crippen molar-refractivity contribution in [2.24, 2.45) is 5.92 Å². The van der Waals surface area contributed by atoms with Crippen molar-refractivity contribution < 1.29 is 26.4 Å². The Morgan fingerprint density at radius 3 is 2.33 bits per heavy atom. The van der Waals surface area contributed by atoms with Gasteiger partial charge in [0, 0.05) is 5.69 Å². The summed E-state index contributed by atoms with van der Waals surface area (Å²) in [4.78, 5) is 11.9. The Labute approximate surface area is 120 Å². The molecule has 0 spiro atoms. The molecule has 1 saturated heterocycles. The molecule has 2 rings (SSSR count). The van der Waals surface area contributed by atoms with Crippen molar-refractivity contribution in [2.75, 3.05) is 16.8 Å². The average molecular weight is 321 g/mol. The summed E-state index contributed by atoms with van der Waals surface area (Å²) in [6.07, 6.45) is -3.54. The largest absolute Gasteiger partial charge is 0.416 e. The number of alkyl halides is 3. The van der Waals surface area contributed by atoms with Gasteiger partial charge in [0.05, 0.1) is 23.0 Å². The molecule has 1 amide bonds.